The summed E-state index contributed by atoms with van der Waals surface area (Å²) >= 11 is 0. The molecule has 14 heteroatoms. The number of methoxy groups -OCH3 is 2. The number of aliphatic hydroxyl groups excluding tert-OH is 3. The van der Waals surface area contributed by atoms with Crippen LogP contribution >= 0.6 is 0 Å². The van der Waals surface area contributed by atoms with Gasteiger partial charge in [-0.3, -0.25) is 4.79 Å². The second-order valence-corrected chi connectivity index (χ2v) is 14.3. The number of esters is 1. The number of ketones is 1. The molecule has 3 rings (SSSR count). The van der Waals surface area contributed by atoms with E-state index in [4.69, 9.17) is 33.2 Å². The van der Waals surface area contributed by atoms with Crippen LogP contribution in [0.2, 0.25) is 0 Å². The van der Waals surface area contributed by atoms with Crippen LogP contribution in [0.3, 0.4) is 0 Å². The van der Waals surface area contributed by atoms with Crippen molar-refractivity contribution < 1.29 is 68.3 Å². The summed E-state index contributed by atoms with van der Waals surface area (Å²) in [5.41, 5.74) is -3.71. The van der Waals surface area contributed by atoms with E-state index in [1.807, 2.05) is 0 Å². The first-order chi connectivity index (χ1) is 23.4. The first-order valence-electron chi connectivity index (χ1n) is 17.3. The summed E-state index contributed by atoms with van der Waals surface area (Å²) in [5.74, 6) is -2.82. The van der Waals surface area contributed by atoms with Crippen molar-refractivity contribution in [3.63, 3.8) is 0 Å². The minimum atomic E-state index is -1.90. The summed E-state index contributed by atoms with van der Waals surface area (Å²) in [5, 5.41) is 54.2. The maximum atomic E-state index is 13.2. The van der Waals surface area contributed by atoms with Crippen LogP contribution in [-0.2, 0) is 42.7 Å². The third-order valence-electron chi connectivity index (χ3n) is 10.0. The van der Waals surface area contributed by atoms with Crippen LogP contribution in [0.15, 0.2) is 36.5 Å². The number of carbonyl (C=O) groups is 2. The molecule has 0 amide bonds. The number of hydrogen-bond acceptors (Lipinski definition) is 14. The number of ether oxygens (including phenoxy) is 7. The lowest BCUT2D eigenvalue weighted by atomic mass is 9.81. The number of rotatable bonds is 8. The van der Waals surface area contributed by atoms with E-state index in [1.54, 1.807) is 52.8 Å². The van der Waals surface area contributed by atoms with Crippen molar-refractivity contribution >= 4 is 11.8 Å². The summed E-state index contributed by atoms with van der Waals surface area (Å²) in [6.07, 6.45) is -1.53. The Balaban J connectivity index is 1.87. The third-order valence-corrected chi connectivity index (χ3v) is 10.0. The molecule has 3 heterocycles. The highest BCUT2D eigenvalue weighted by atomic mass is 16.7. The standard InChI is InChI=1S/C36H58O14/c1-19-14-15-27(39)48-22(4)25(18-46-33-31(45-9)30(44-8)28(40)23(5)49-33)12-10-11-13-26(38)35(7,42)16-20(2)29(19)50-34-32(41)36(43,24(6)37)17-21(3)47-34/h10-15,19-25,28-34,37,40-43H,16-18H2,1-9H3/t19-,20-,21+,22+,23+,24-,25+,28+,29+,30+,31+,32-,33+,34-,35-,36-/m0/s1. The van der Waals surface area contributed by atoms with Crippen molar-refractivity contribution in [1.29, 1.82) is 0 Å². The number of allylic oxidation sites excluding steroid dienone is 2. The molecule has 0 aromatic heterocycles. The second kappa shape index (κ2) is 18.1. The first-order valence-corrected chi connectivity index (χ1v) is 17.3. The lowest BCUT2D eigenvalue weighted by molar-refractivity contribution is -0.322. The molecule has 5 N–H and O–H groups in total. The van der Waals surface area contributed by atoms with E-state index in [9.17, 15) is 35.1 Å². The highest BCUT2D eigenvalue weighted by molar-refractivity contribution is 5.96. The maximum absolute atomic E-state index is 13.2. The van der Waals surface area contributed by atoms with E-state index in [0.29, 0.717) is 0 Å². The molecule has 16 atom stereocenters. The van der Waals surface area contributed by atoms with Gasteiger partial charge in [-0.05, 0) is 53.0 Å². The minimum Gasteiger partial charge on any atom is -0.459 e. The molecule has 2 fully saturated rings. The van der Waals surface area contributed by atoms with Gasteiger partial charge in [-0.15, -0.1) is 0 Å². The summed E-state index contributed by atoms with van der Waals surface area (Å²) < 4.78 is 40.8. The molecule has 0 radical (unpaired) electrons. The van der Waals surface area contributed by atoms with Gasteiger partial charge in [0.15, 0.2) is 18.4 Å². The second-order valence-electron chi connectivity index (χ2n) is 14.3. The fourth-order valence-electron chi connectivity index (χ4n) is 6.84. The predicted octanol–water partition coefficient (Wildman–Crippen LogP) is 1.34. The van der Waals surface area contributed by atoms with Crippen molar-refractivity contribution in [2.75, 3.05) is 20.8 Å². The lowest BCUT2D eigenvalue weighted by Gasteiger charge is -2.47. The molecule has 0 bridgehead atoms. The van der Waals surface area contributed by atoms with Crippen LogP contribution in [-0.4, -0.2) is 137 Å². The Morgan fingerprint density at radius 1 is 0.880 bits per heavy atom. The van der Waals surface area contributed by atoms with E-state index in [-0.39, 0.29) is 19.4 Å². The molecule has 3 aliphatic heterocycles. The van der Waals surface area contributed by atoms with Crippen LogP contribution in [0.4, 0.5) is 0 Å². The zero-order chi connectivity index (χ0) is 37.6. The zero-order valence-corrected chi connectivity index (χ0v) is 30.6. The van der Waals surface area contributed by atoms with Crippen molar-refractivity contribution in [1.82, 2.24) is 0 Å². The highest BCUT2D eigenvalue weighted by Crippen LogP contribution is 2.36. The molecule has 286 valence electrons. The van der Waals surface area contributed by atoms with Crippen molar-refractivity contribution in [3.05, 3.63) is 36.5 Å². The first kappa shape index (κ1) is 42.3. The molecule has 0 aromatic carbocycles. The van der Waals surface area contributed by atoms with Gasteiger partial charge in [0.25, 0.3) is 0 Å². The number of carbonyl (C=O) groups excluding carboxylic acids is 2. The van der Waals surface area contributed by atoms with Crippen LogP contribution in [0.1, 0.15) is 61.3 Å². The van der Waals surface area contributed by atoms with Gasteiger partial charge in [0, 0.05) is 38.6 Å². The largest absolute Gasteiger partial charge is 0.459 e. The molecule has 2 saturated heterocycles. The molecule has 0 aromatic rings. The van der Waals surface area contributed by atoms with Crippen molar-refractivity contribution in [2.24, 2.45) is 17.8 Å². The van der Waals surface area contributed by atoms with Gasteiger partial charge in [-0.25, -0.2) is 4.79 Å². The third kappa shape index (κ3) is 10.3. The van der Waals surface area contributed by atoms with E-state index < -0.39 is 108 Å². The van der Waals surface area contributed by atoms with Crippen LogP contribution in [0.25, 0.3) is 0 Å². The number of aliphatic hydroxyl groups is 5. The zero-order valence-electron chi connectivity index (χ0n) is 30.6. The molecule has 0 unspecified atom stereocenters. The summed E-state index contributed by atoms with van der Waals surface area (Å²) in [7, 11) is 2.91. The molecular weight excluding hydrogens is 656 g/mol. The van der Waals surface area contributed by atoms with E-state index in [2.05, 4.69) is 0 Å². The average molecular weight is 715 g/mol. The molecule has 0 saturated carbocycles. The summed E-state index contributed by atoms with van der Waals surface area (Å²) in [4.78, 5) is 26.3. The topological polar surface area (TPSA) is 200 Å². The molecule has 0 spiro atoms. The van der Waals surface area contributed by atoms with E-state index >= 15 is 0 Å². The van der Waals surface area contributed by atoms with E-state index in [1.165, 1.54) is 46.3 Å². The quantitative estimate of drug-likeness (QED) is 0.226. The Kier molecular flexibility index (Phi) is 15.3. The Morgan fingerprint density at radius 2 is 1.54 bits per heavy atom. The monoisotopic (exact) mass is 714 g/mol. The fourth-order valence-corrected chi connectivity index (χ4v) is 6.84. The Morgan fingerprint density at radius 3 is 2.16 bits per heavy atom. The molecule has 3 aliphatic rings. The van der Waals surface area contributed by atoms with Gasteiger partial charge in [-0.1, -0.05) is 38.2 Å². The summed E-state index contributed by atoms with van der Waals surface area (Å²) in [6, 6.07) is 0. The Bertz CT molecular complexity index is 1200. The smallest absolute Gasteiger partial charge is 0.330 e. The van der Waals surface area contributed by atoms with Gasteiger partial charge in [0.05, 0.1) is 31.0 Å². The van der Waals surface area contributed by atoms with Gasteiger partial charge in [-0.2, -0.15) is 0 Å². The SMILES string of the molecule is CO[C@@H]1[C@H](O)[C@@H](C)O[C@@H](OC[C@H]2C=CC=CC(=O)[C@@](C)(O)C[C@H](C)[C@H](O[C@@H]3O[C@H](C)C[C@](O)([C@H](C)O)[C@H]3O)[C@@H](C)C=CC(=O)O[C@@H]2C)[C@@H]1OC. The Hall–Kier alpha value is -2.08. The van der Waals surface area contributed by atoms with Crippen LogP contribution in [0, 0.1) is 17.8 Å². The summed E-state index contributed by atoms with van der Waals surface area (Å²) in [6.45, 7) is 11.4. The normalized spacial score (nSPS) is 44.6. The minimum absolute atomic E-state index is 0.00269. The predicted molar refractivity (Wildman–Crippen MR) is 179 cm³/mol. The highest BCUT2D eigenvalue weighted by Gasteiger charge is 2.52. The Labute approximate surface area is 295 Å². The average Bonchev–Trinajstić information content (AvgIpc) is 3.04. The molecule has 0 aliphatic carbocycles. The van der Waals surface area contributed by atoms with E-state index in [0.717, 1.165) is 0 Å². The van der Waals surface area contributed by atoms with Crippen LogP contribution in [0.5, 0.6) is 0 Å². The molecule has 50 heavy (non-hydrogen) atoms. The maximum Gasteiger partial charge on any atom is 0.330 e. The lowest BCUT2D eigenvalue weighted by Crippen LogP contribution is -2.63. The number of cyclic esters (lactones) is 1. The molecule has 14 nitrogen and oxygen atoms in total. The van der Waals surface area contributed by atoms with Crippen molar-refractivity contribution in [2.45, 2.75) is 140 Å². The van der Waals surface area contributed by atoms with Gasteiger partial charge >= 0.3 is 5.97 Å². The van der Waals surface area contributed by atoms with Gasteiger partial charge < -0.3 is 58.7 Å². The van der Waals surface area contributed by atoms with Gasteiger partial charge in [0.2, 0.25) is 0 Å². The van der Waals surface area contributed by atoms with Gasteiger partial charge in [0.1, 0.15) is 41.7 Å². The van der Waals surface area contributed by atoms with Crippen molar-refractivity contribution in [3.8, 4) is 0 Å². The fraction of sp³-hybridized carbons (Fsp3) is 0.778. The van der Waals surface area contributed by atoms with Crippen LogP contribution < -0.4 is 0 Å². The molecular formula is C36H58O14. The number of hydrogen-bond donors (Lipinski definition) is 5.